The van der Waals surface area contributed by atoms with Crippen LogP contribution in [0.25, 0.3) is 0 Å². The first-order valence-electron chi connectivity index (χ1n) is 5.27. The van der Waals surface area contributed by atoms with E-state index >= 15 is 0 Å². The Morgan fingerprint density at radius 1 is 1.31 bits per heavy atom. The van der Waals surface area contributed by atoms with Crippen LogP contribution in [0.15, 0.2) is 24.3 Å². The van der Waals surface area contributed by atoms with Crippen molar-refractivity contribution in [1.82, 2.24) is 0 Å². The summed E-state index contributed by atoms with van der Waals surface area (Å²) < 4.78 is 10.7. The molecule has 0 aliphatic carbocycles. The van der Waals surface area contributed by atoms with Gasteiger partial charge in [-0.1, -0.05) is 12.1 Å². The fourth-order valence-corrected chi connectivity index (χ4v) is 1.22. The molecule has 1 unspecified atom stereocenters. The van der Waals surface area contributed by atoms with E-state index in [1.54, 1.807) is 14.0 Å². The van der Waals surface area contributed by atoms with Crippen LogP contribution < -0.4 is 15.2 Å². The Balaban J connectivity index is 2.49. The molecule has 1 rings (SSSR count). The monoisotopic (exact) mass is 225 g/mol. The Hall–Kier alpha value is -1.26. The number of benzene rings is 1. The number of hydrogen-bond acceptors (Lipinski definition) is 4. The van der Waals surface area contributed by atoms with Crippen LogP contribution in [0.3, 0.4) is 0 Å². The van der Waals surface area contributed by atoms with E-state index in [1.807, 2.05) is 24.3 Å². The van der Waals surface area contributed by atoms with Crippen LogP contribution in [0.4, 0.5) is 0 Å². The Bertz CT molecular complexity index is 326. The van der Waals surface area contributed by atoms with Gasteiger partial charge in [-0.25, -0.2) is 0 Å². The first kappa shape index (κ1) is 12.8. The Labute approximate surface area is 96.0 Å². The topological polar surface area (TPSA) is 64.7 Å². The predicted octanol–water partition coefficient (Wildman–Crippen LogP) is 1.17. The number of aliphatic hydroxyl groups is 1. The molecule has 0 saturated heterocycles. The molecule has 1 aromatic rings. The molecular weight excluding hydrogens is 206 g/mol. The highest BCUT2D eigenvalue weighted by Crippen LogP contribution is 2.26. The van der Waals surface area contributed by atoms with Crippen molar-refractivity contribution in [2.45, 2.75) is 18.9 Å². The van der Waals surface area contributed by atoms with E-state index in [1.165, 1.54) is 0 Å². The second-order valence-corrected chi connectivity index (χ2v) is 3.95. The zero-order valence-corrected chi connectivity index (χ0v) is 9.77. The molecule has 0 spiro atoms. The molecule has 0 radical (unpaired) electrons. The minimum absolute atomic E-state index is 0.224. The lowest BCUT2D eigenvalue weighted by Crippen LogP contribution is -2.35. The molecule has 1 atom stereocenters. The third-order valence-electron chi connectivity index (χ3n) is 2.41. The molecule has 0 heterocycles. The minimum atomic E-state index is -0.873. The van der Waals surface area contributed by atoms with Crippen molar-refractivity contribution >= 4 is 0 Å². The van der Waals surface area contributed by atoms with E-state index in [9.17, 15) is 5.11 Å². The van der Waals surface area contributed by atoms with Crippen LogP contribution in [-0.2, 0) is 0 Å². The first-order valence-corrected chi connectivity index (χ1v) is 5.27. The molecule has 0 aromatic heterocycles. The zero-order chi connectivity index (χ0) is 12.0. The number of methoxy groups -OCH3 is 1. The standard InChI is InChI=1S/C12H19NO3/c1-12(14,9-13)7-8-16-11-6-4-3-5-10(11)15-2/h3-6,14H,7-9,13H2,1-2H3. The number of para-hydroxylation sites is 2. The molecule has 0 amide bonds. The lowest BCUT2D eigenvalue weighted by atomic mass is 10.0. The van der Waals surface area contributed by atoms with E-state index in [-0.39, 0.29) is 6.54 Å². The Morgan fingerprint density at radius 3 is 2.50 bits per heavy atom. The van der Waals surface area contributed by atoms with Gasteiger partial charge in [0.1, 0.15) is 0 Å². The summed E-state index contributed by atoms with van der Waals surface area (Å²) in [6.07, 6.45) is 0.488. The van der Waals surface area contributed by atoms with Crippen molar-refractivity contribution in [3.05, 3.63) is 24.3 Å². The fraction of sp³-hybridized carbons (Fsp3) is 0.500. The number of nitrogens with two attached hydrogens (primary N) is 1. The number of hydrogen-bond donors (Lipinski definition) is 2. The quantitative estimate of drug-likeness (QED) is 0.763. The molecule has 3 N–H and O–H groups in total. The zero-order valence-electron chi connectivity index (χ0n) is 9.77. The minimum Gasteiger partial charge on any atom is -0.493 e. The van der Waals surface area contributed by atoms with Crippen molar-refractivity contribution in [3.8, 4) is 11.5 Å². The van der Waals surface area contributed by atoms with Gasteiger partial charge in [0.15, 0.2) is 11.5 Å². The number of ether oxygens (including phenoxy) is 2. The smallest absolute Gasteiger partial charge is 0.161 e. The molecule has 0 bridgehead atoms. The van der Waals surface area contributed by atoms with E-state index in [2.05, 4.69) is 0 Å². The lowest BCUT2D eigenvalue weighted by molar-refractivity contribution is 0.0450. The second-order valence-electron chi connectivity index (χ2n) is 3.95. The van der Waals surface area contributed by atoms with E-state index in [0.717, 1.165) is 0 Å². The van der Waals surface area contributed by atoms with Crippen LogP contribution in [-0.4, -0.2) is 31.0 Å². The number of rotatable bonds is 6. The maximum atomic E-state index is 9.69. The molecule has 0 aliphatic heterocycles. The van der Waals surface area contributed by atoms with Crippen LogP contribution in [0, 0.1) is 0 Å². The molecular formula is C12H19NO3. The Morgan fingerprint density at radius 2 is 1.94 bits per heavy atom. The Kier molecular flexibility index (Phi) is 4.58. The summed E-state index contributed by atoms with van der Waals surface area (Å²) in [5, 5.41) is 9.69. The third kappa shape index (κ3) is 3.72. The molecule has 0 aliphatic rings. The summed E-state index contributed by atoms with van der Waals surface area (Å²) in [6, 6.07) is 7.41. The van der Waals surface area contributed by atoms with Gasteiger partial charge >= 0.3 is 0 Å². The van der Waals surface area contributed by atoms with Gasteiger partial charge in [0.25, 0.3) is 0 Å². The van der Waals surface area contributed by atoms with Gasteiger partial charge in [-0.05, 0) is 19.1 Å². The normalized spacial score (nSPS) is 14.2. The van der Waals surface area contributed by atoms with Crippen molar-refractivity contribution in [1.29, 1.82) is 0 Å². The molecule has 4 nitrogen and oxygen atoms in total. The van der Waals surface area contributed by atoms with Gasteiger partial charge in [0.05, 0.1) is 19.3 Å². The fourth-order valence-electron chi connectivity index (χ4n) is 1.22. The summed E-state index contributed by atoms with van der Waals surface area (Å²) in [7, 11) is 1.60. The van der Waals surface area contributed by atoms with Gasteiger partial charge in [-0.2, -0.15) is 0 Å². The summed E-state index contributed by atoms with van der Waals surface area (Å²) in [5.41, 5.74) is 4.54. The second kappa shape index (κ2) is 5.72. The van der Waals surface area contributed by atoms with Gasteiger partial charge in [0.2, 0.25) is 0 Å². The van der Waals surface area contributed by atoms with Gasteiger partial charge < -0.3 is 20.3 Å². The SMILES string of the molecule is COc1ccccc1OCCC(C)(O)CN. The highest BCUT2D eigenvalue weighted by Gasteiger charge is 2.17. The molecule has 1 aromatic carbocycles. The van der Waals surface area contributed by atoms with E-state index < -0.39 is 5.60 Å². The van der Waals surface area contributed by atoms with Crippen molar-refractivity contribution in [2.75, 3.05) is 20.3 Å². The molecule has 90 valence electrons. The maximum Gasteiger partial charge on any atom is 0.161 e. The molecule has 0 fully saturated rings. The highest BCUT2D eigenvalue weighted by molar-refractivity contribution is 5.39. The summed E-state index contributed by atoms with van der Waals surface area (Å²) in [4.78, 5) is 0. The van der Waals surface area contributed by atoms with E-state index in [0.29, 0.717) is 24.5 Å². The van der Waals surface area contributed by atoms with Crippen LogP contribution in [0.1, 0.15) is 13.3 Å². The lowest BCUT2D eigenvalue weighted by Gasteiger charge is -2.21. The van der Waals surface area contributed by atoms with E-state index in [4.69, 9.17) is 15.2 Å². The van der Waals surface area contributed by atoms with Crippen molar-refractivity contribution in [3.63, 3.8) is 0 Å². The van der Waals surface area contributed by atoms with Gasteiger partial charge in [-0.15, -0.1) is 0 Å². The average molecular weight is 225 g/mol. The summed E-state index contributed by atoms with van der Waals surface area (Å²) >= 11 is 0. The molecule has 16 heavy (non-hydrogen) atoms. The van der Waals surface area contributed by atoms with Crippen LogP contribution >= 0.6 is 0 Å². The van der Waals surface area contributed by atoms with Crippen molar-refractivity contribution in [2.24, 2.45) is 5.73 Å². The van der Waals surface area contributed by atoms with Gasteiger partial charge in [0, 0.05) is 13.0 Å². The third-order valence-corrected chi connectivity index (χ3v) is 2.41. The average Bonchev–Trinajstić information content (AvgIpc) is 2.29. The van der Waals surface area contributed by atoms with Gasteiger partial charge in [-0.3, -0.25) is 0 Å². The highest BCUT2D eigenvalue weighted by atomic mass is 16.5. The largest absolute Gasteiger partial charge is 0.493 e. The predicted molar refractivity (Wildman–Crippen MR) is 62.8 cm³/mol. The van der Waals surface area contributed by atoms with Crippen LogP contribution in [0.5, 0.6) is 11.5 Å². The maximum absolute atomic E-state index is 9.69. The van der Waals surface area contributed by atoms with Crippen LogP contribution in [0.2, 0.25) is 0 Å². The van der Waals surface area contributed by atoms with Crippen molar-refractivity contribution < 1.29 is 14.6 Å². The summed E-state index contributed by atoms with van der Waals surface area (Å²) in [6.45, 7) is 2.32. The summed E-state index contributed by atoms with van der Waals surface area (Å²) in [5.74, 6) is 1.37. The molecule has 0 saturated carbocycles. The molecule has 4 heteroatoms. The first-order chi connectivity index (χ1) is 7.59.